The predicted molar refractivity (Wildman–Crippen MR) is 78.6 cm³/mol. The largest absolute Gasteiger partial charge is 0.476 e. The number of aromatic carboxylic acids is 1. The third-order valence-corrected chi connectivity index (χ3v) is 3.54. The summed E-state index contributed by atoms with van der Waals surface area (Å²) in [6.45, 7) is 3.68. The first kappa shape index (κ1) is 14.5. The lowest BCUT2D eigenvalue weighted by molar-refractivity contribution is 0.0686. The number of carbonyl (C=O) groups is 1. The number of benzene rings is 1. The van der Waals surface area contributed by atoms with Crippen molar-refractivity contribution < 1.29 is 9.90 Å². The lowest BCUT2D eigenvalue weighted by Gasteiger charge is -2.12. The zero-order valence-electron chi connectivity index (χ0n) is 11.0. The maximum absolute atomic E-state index is 12.1. The highest BCUT2D eigenvalue weighted by Gasteiger charge is 2.18. The Kier molecular flexibility index (Phi) is 4.04. The molecule has 1 heterocycles. The van der Waals surface area contributed by atoms with E-state index >= 15 is 0 Å². The van der Waals surface area contributed by atoms with Gasteiger partial charge in [-0.25, -0.2) is 9.48 Å². The molecule has 104 valence electrons. The minimum atomic E-state index is -1.32. The Morgan fingerprint density at radius 2 is 2.00 bits per heavy atom. The molecule has 2 aromatic rings. The molecule has 0 bridgehead atoms. The molecule has 0 radical (unpaired) electrons. The maximum atomic E-state index is 12.1. The summed E-state index contributed by atoms with van der Waals surface area (Å²) in [6.07, 6.45) is 1.58. The molecule has 1 aromatic carbocycles. The first-order valence-electron chi connectivity index (χ1n) is 6.04. The van der Waals surface area contributed by atoms with Crippen LogP contribution in [0.5, 0.6) is 0 Å². The zero-order valence-corrected chi connectivity index (χ0v) is 12.6. The van der Waals surface area contributed by atoms with Gasteiger partial charge in [0.1, 0.15) is 0 Å². The fourth-order valence-electron chi connectivity index (χ4n) is 1.82. The first-order chi connectivity index (χ1) is 9.41. The fraction of sp³-hybridized carbons (Fsp3) is 0.214. The average molecular weight is 337 g/mol. The fourth-order valence-corrected chi connectivity index (χ4v) is 2.29. The van der Waals surface area contributed by atoms with Gasteiger partial charge in [0.2, 0.25) is 11.1 Å². The second-order valence-electron chi connectivity index (χ2n) is 4.62. The number of carboxylic acids is 1. The van der Waals surface area contributed by atoms with E-state index in [1.165, 1.54) is 4.68 Å². The van der Waals surface area contributed by atoms with Gasteiger partial charge in [0.15, 0.2) is 0 Å². The minimum Gasteiger partial charge on any atom is -0.476 e. The number of aromatic nitrogens is 2. The van der Waals surface area contributed by atoms with Gasteiger partial charge in [0, 0.05) is 16.2 Å². The number of para-hydroxylation sites is 1. The Hall–Kier alpha value is -1.95. The Labute approximate surface area is 124 Å². The van der Waals surface area contributed by atoms with Gasteiger partial charge in [-0.05, 0) is 34.0 Å². The molecule has 0 fully saturated rings. The van der Waals surface area contributed by atoms with E-state index in [-0.39, 0.29) is 5.92 Å². The first-order valence-corrected chi connectivity index (χ1v) is 6.83. The summed E-state index contributed by atoms with van der Waals surface area (Å²) in [7, 11) is 0. The number of nitrogens with zero attached hydrogens (tertiary/aromatic N) is 2. The summed E-state index contributed by atoms with van der Waals surface area (Å²) >= 11 is 3.39. The summed E-state index contributed by atoms with van der Waals surface area (Å²) < 4.78 is 2.19. The van der Waals surface area contributed by atoms with Crippen LogP contribution in [-0.2, 0) is 0 Å². The van der Waals surface area contributed by atoms with Crippen molar-refractivity contribution >= 4 is 21.9 Å². The van der Waals surface area contributed by atoms with Gasteiger partial charge < -0.3 is 5.11 Å². The van der Waals surface area contributed by atoms with Crippen LogP contribution in [0.1, 0.15) is 35.8 Å². The zero-order chi connectivity index (χ0) is 14.9. The Bertz CT molecular complexity index is 723. The predicted octanol–water partition coefficient (Wildman–Crippen LogP) is 2.82. The van der Waals surface area contributed by atoms with Crippen molar-refractivity contribution in [3.63, 3.8) is 0 Å². The molecule has 20 heavy (non-hydrogen) atoms. The smallest absolute Gasteiger partial charge is 0.360 e. The van der Waals surface area contributed by atoms with Crippen LogP contribution < -0.4 is 5.43 Å². The van der Waals surface area contributed by atoms with Crippen LogP contribution in [0.25, 0.3) is 5.69 Å². The van der Waals surface area contributed by atoms with E-state index in [2.05, 4.69) is 21.0 Å². The SMILES string of the molecule is CC(C)c1cn(-c2ccccc2Br)nc(C(=O)O)c1=O. The monoisotopic (exact) mass is 336 g/mol. The third kappa shape index (κ3) is 2.65. The number of hydrogen-bond donors (Lipinski definition) is 1. The lowest BCUT2D eigenvalue weighted by atomic mass is 10.0. The van der Waals surface area contributed by atoms with Crippen molar-refractivity contribution in [2.75, 3.05) is 0 Å². The summed E-state index contributed by atoms with van der Waals surface area (Å²) in [5.41, 5.74) is 0.104. The quantitative estimate of drug-likeness (QED) is 0.935. The topological polar surface area (TPSA) is 72.2 Å². The summed E-state index contributed by atoms with van der Waals surface area (Å²) in [5, 5.41) is 13.0. The molecular weight excluding hydrogens is 324 g/mol. The molecule has 6 heteroatoms. The summed E-state index contributed by atoms with van der Waals surface area (Å²) in [4.78, 5) is 23.2. The van der Waals surface area contributed by atoms with Crippen molar-refractivity contribution in [2.24, 2.45) is 0 Å². The van der Waals surface area contributed by atoms with Crippen LogP contribution in [0.4, 0.5) is 0 Å². The van der Waals surface area contributed by atoms with E-state index in [9.17, 15) is 9.59 Å². The Morgan fingerprint density at radius 1 is 1.35 bits per heavy atom. The van der Waals surface area contributed by atoms with E-state index in [1.807, 2.05) is 32.0 Å². The van der Waals surface area contributed by atoms with Crippen molar-refractivity contribution in [2.45, 2.75) is 19.8 Å². The highest BCUT2D eigenvalue weighted by molar-refractivity contribution is 9.10. The van der Waals surface area contributed by atoms with E-state index in [1.54, 1.807) is 12.3 Å². The van der Waals surface area contributed by atoms with Crippen molar-refractivity contribution in [3.8, 4) is 5.69 Å². The molecule has 5 nitrogen and oxygen atoms in total. The average Bonchev–Trinajstić information content (AvgIpc) is 2.39. The van der Waals surface area contributed by atoms with Gasteiger partial charge in [-0.1, -0.05) is 26.0 Å². The molecule has 0 aliphatic carbocycles. The molecule has 1 N–H and O–H groups in total. The summed E-state index contributed by atoms with van der Waals surface area (Å²) in [6, 6.07) is 7.27. The minimum absolute atomic E-state index is 0.0858. The Balaban J connectivity index is 2.76. The van der Waals surface area contributed by atoms with Gasteiger partial charge in [0.05, 0.1) is 5.69 Å². The highest BCUT2D eigenvalue weighted by Crippen LogP contribution is 2.20. The molecule has 0 amide bonds. The Morgan fingerprint density at radius 3 is 2.55 bits per heavy atom. The van der Waals surface area contributed by atoms with E-state index in [4.69, 9.17) is 5.11 Å². The molecule has 2 rings (SSSR count). The molecule has 0 saturated carbocycles. The van der Waals surface area contributed by atoms with Gasteiger partial charge in [0.25, 0.3) is 0 Å². The van der Waals surface area contributed by atoms with Gasteiger partial charge in [-0.15, -0.1) is 0 Å². The number of halogens is 1. The van der Waals surface area contributed by atoms with Crippen LogP contribution in [0.15, 0.2) is 39.7 Å². The molecule has 0 spiro atoms. The van der Waals surface area contributed by atoms with Crippen LogP contribution in [0, 0.1) is 0 Å². The van der Waals surface area contributed by atoms with Crippen molar-refractivity contribution in [1.82, 2.24) is 9.78 Å². The molecule has 1 aromatic heterocycles. The van der Waals surface area contributed by atoms with Crippen LogP contribution in [-0.4, -0.2) is 20.9 Å². The van der Waals surface area contributed by atoms with Gasteiger partial charge in [-0.3, -0.25) is 4.79 Å². The summed E-state index contributed by atoms with van der Waals surface area (Å²) in [5.74, 6) is -1.41. The third-order valence-electron chi connectivity index (χ3n) is 2.87. The van der Waals surface area contributed by atoms with Crippen LogP contribution >= 0.6 is 15.9 Å². The van der Waals surface area contributed by atoms with Crippen molar-refractivity contribution in [3.05, 3.63) is 56.4 Å². The van der Waals surface area contributed by atoms with E-state index in [0.717, 1.165) is 4.47 Å². The molecule has 0 aliphatic rings. The standard InChI is InChI=1S/C14H13BrN2O3/c1-8(2)9-7-17(11-6-4-3-5-10(11)15)16-12(13(9)18)14(19)20/h3-8H,1-2H3,(H,19,20). The van der Waals surface area contributed by atoms with Crippen LogP contribution in [0.2, 0.25) is 0 Å². The molecule has 0 unspecified atom stereocenters. The molecule has 0 saturated heterocycles. The van der Waals surface area contributed by atoms with Gasteiger partial charge in [-0.2, -0.15) is 5.10 Å². The van der Waals surface area contributed by atoms with Gasteiger partial charge >= 0.3 is 5.97 Å². The number of carboxylic acid groups (broad SMARTS) is 1. The van der Waals surface area contributed by atoms with Crippen molar-refractivity contribution in [1.29, 1.82) is 0 Å². The van der Waals surface area contributed by atoms with E-state index < -0.39 is 17.1 Å². The second kappa shape index (κ2) is 5.58. The maximum Gasteiger partial charge on any atom is 0.360 e. The number of rotatable bonds is 3. The normalized spacial score (nSPS) is 10.8. The highest BCUT2D eigenvalue weighted by atomic mass is 79.9. The second-order valence-corrected chi connectivity index (χ2v) is 5.47. The molecular formula is C14H13BrN2O3. The van der Waals surface area contributed by atoms with Crippen LogP contribution in [0.3, 0.4) is 0 Å². The lowest BCUT2D eigenvalue weighted by Crippen LogP contribution is -2.25. The number of hydrogen-bond acceptors (Lipinski definition) is 3. The van der Waals surface area contributed by atoms with E-state index in [0.29, 0.717) is 11.3 Å². The molecule has 0 atom stereocenters. The molecule has 0 aliphatic heterocycles.